The Morgan fingerprint density at radius 1 is 1.10 bits per heavy atom. The molecule has 1 rings (SSSR count). The van der Waals surface area contributed by atoms with E-state index in [-0.39, 0.29) is 24.6 Å². The van der Waals surface area contributed by atoms with Crippen molar-refractivity contribution in [1.29, 1.82) is 0 Å². The minimum Gasteiger partial charge on any atom is -0.558 e. The Labute approximate surface area is 136 Å². The molecular weight excluding hydrogens is 266 g/mol. The van der Waals surface area contributed by atoms with Gasteiger partial charge in [-0.05, 0) is 37.5 Å². The third kappa shape index (κ3) is 4.52. The van der Waals surface area contributed by atoms with E-state index in [4.69, 9.17) is 9.47 Å². The maximum atomic E-state index is 12.4. The number of ketones is 1. The first-order valence-electron chi connectivity index (χ1n) is 6.46. The van der Waals surface area contributed by atoms with Crippen molar-refractivity contribution in [2.24, 2.45) is 0 Å². The molecule has 1 aromatic carbocycles. The molecule has 0 heterocycles. The van der Waals surface area contributed by atoms with Crippen LogP contribution in [0.5, 0.6) is 11.5 Å². The van der Waals surface area contributed by atoms with Gasteiger partial charge in [-0.2, -0.15) is 6.16 Å². The van der Waals surface area contributed by atoms with Crippen molar-refractivity contribution in [3.8, 4) is 11.5 Å². The zero-order valence-electron chi connectivity index (χ0n) is 13.1. The Kier molecular flexibility index (Phi) is 9.22. The van der Waals surface area contributed by atoms with Crippen LogP contribution >= 0.6 is 9.24 Å². The number of carbonyl (C=O) groups is 1. The van der Waals surface area contributed by atoms with E-state index in [2.05, 4.69) is 9.24 Å². The van der Waals surface area contributed by atoms with Crippen molar-refractivity contribution in [3.05, 3.63) is 22.8 Å². The quantitative estimate of drug-likeness (QED) is 0.322. The molecule has 0 amide bonds. The summed E-state index contributed by atoms with van der Waals surface area (Å²) in [5.41, 5.74) is 2.50. The Morgan fingerprint density at radius 3 is 2.00 bits per heavy atom. The molecular formula is C15H22LiO3P. The van der Waals surface area contributed by atoms with Gasteiger partial charge in [-0.1, -0.05) is 6.42 Å². The van der Waals surface area contributed by atoms with Crippen LogP contribution in [-0.4, -0.2) is 26.2 Å². The summed E-state index contributed by atoms with van der Waals surface area (Å²) >= 11 is 0. The fourth-order valence-corrected chi connectivity index (χ4v) is 2.52. The number of Topliss-reactive ketones (excluding diaryl/α,β-unsaturated/α-hetero) is 1. The molecule has 0 fully saturated rings. The van der Waals surface area contributed by atoms with Crippen LogP contribution in [0, 0.1) is 13.8 Å². The largest absolute Gasteiger partial charge is 1.00 e. The van der Waals surface area contributed by atoms with Gasteiger partial charge in [0.15, 0.2) is 5.78 Å². The normalized spacial score (nSPS) is 9.85. The monoisotopic (exact) mass is 288 g/mol. The van der Waals surface area contributed by atoms with Crippen LogP contribution in [0.15, 0.2) is 6.07 Å². The predicted molar refractivity (Wildman–Crippen MR) is 80.4 cm³/mol. The first kappa shape index (κ1) is 19.5. The fraction of sp³-hybridized carbons (Fsp3) is 0.533. The van der Waals surface area contributed by atoms with Crippen molar-refractivity contribution in [2.45, 2.75) is 33.1 Å². The van der Waals surface area contributed by atoms with Crippen LogP contribution in [0.3, 0.4) is 0 Å². The molecule has 0 radical (unpaired) electrons. The van der Waals surface area contributed by atoms with Gasteiger partial charge in [0.05, 0.1) is 14.2 Å². The number of hydrogen-bond donors (Lipinski definition) is 0. The second kappa shape index (κ2) is 9.45. The zero-order valence-corrected chi connectivity index (χ0v) is 14.1. The van der Waals surface area contributed by atoms with Crippen LogP contribution in [-0.2, 0) is 0 Å². The van der Waals surface area contributed by atoms with Crippen molar-refractivity contribution >= 4 is 15.0 Å². The molecule has 0 bridgehead atoms. The number of methoxy groups -OCH3 is 2. The van der Waals surface area contributed by atoms with Crippen LogP contribution in [0.1, 0.15) is 40.7 Å². The molecule has 0 N–H and O–H groups in total. The van der Waals surface area contributed by atoms with Gasteiger partial charge in [-0.25, -0.2) is 0 Å². The second-order valence-electron chi connectivity index (χ2n) is 4.58. The average molecular weight is 288 g/mol. The smallest absolute Gasteiger partial charge is 0.558 e. The standard InChI is InChI=1S/C15H22O3P.Li/c1-10-9-11(2)15(18-4)13(14(10)17-3)12(16)7-5-6-8-19;/h9,19H,5-8H2,1-4H3;/q-1;+1. The molecule has 0 atom stereocenters. The van der Waals surface area contributed by atoms with E-state index >= 15 is 0 Å². The first-order valence-corrected chi connectivity index (χ1v) is 7.17. The summed E-state index contributed by atoms with van der Waals surface area (Å²) in [6.07, 6.45) is 3.27. The topological polar surface area (TPSA) is 35.5 Å². The molecule has 0 aromatic heterocycles. The van der Waals surface area contributed by atoms with Crippen molar-refractivity contribution in [3.63, 3.8) is 0 Å². The summed E-state index contributed by atoms with van der Waals surface area (Å²) in [7, 11) is 6.60. The maximum Gasteiger partial charge on any atom is 1.00 e. The van der Waals surface area contributed by atoms with E-state index in [9.17, 15) is 4.79 Å². The Hall–Kier alpha value is -0.483. The Bertz CT molecular complexity index is 433. The van der Waals surface area contributed by atoms with Crippen molar-refractivity contribution in [2.75, 3.05) is 20.4 Å². The Balaban J connectivity index is 0.00000361. The molecule has 0 aliphatic heterocycles. The number of carbonyl (C=O) groups excluding carboxylic acids is 1. The second-order valence-corrected chi connectivity index (χ2v) is 5.08. The molecule has 1 aromatic rings. The summed E-state index contributed by atoms with van der Waals surface area (Å²) in [5.74, 6) is 1.34. The molecule has 0 saturated heterocycles. The summed E-state index contributed by atoms with van der Waals surface area (Å²) in [6.45, 7) is 3.89. The number of unbranched alkanes of at least 4 members (excludes halogenated alkanes) is 1. The third-order valence-electron chi connectivity index (χ3n) is 3.12. The predicted octanol–water partition coefficient (Wildman–Crippen LogP) is 0.820. The van der Waals surface area contributed by atoms with E-state index in [0.717, 1.165) is 30.1 Å². The van der Waals surface area contributed by atoms with Gasteiger partial charge in [0.25, 0.3) is 0 Å². The number of ether oxygens (including phenoxy) is 2. The van der Waals surface area contributed by atoms with Gasteiger partial charge >= 0.3 is 18.9 Å². The molecule has 3 nitrogen and oxygen atoms in total. The van der Waals surface area contributed by atoms with Crippen LogP contribution in [0.4, 0.5) is 0 Å². The SMILES string of the molecule is COc1c(C)cc(C)c(OC)c1C(=O)CCCC[PH-].[Li+]. The van der Waals surface area contributed by atoms with Gasteiger partial charge in [0.2, 0.25) is 0 Å². The van der Waals surface area contributed by atoms with Gasteiger partial charge < -0.3 is 18.7 Å². The number of benzene rings is 1. The number of hydrogen-bond acceptors (Lipinski definition) is 3. The van der Waals surface area contributed by atoms with E-state index < -0.39 is 0 Å². The molecule has 5 heteroatoms. The van der Waals surface area contributed by atoms with E-state index in [1.54, 1.807) is 14.2 Å². The Morgan fingerprint density at radius 2 is 1.60 bits per heavy atom. The van der Waals surface area contributed by atoms with Crippen LogP contribution < -0.4 is 28.3 Å². The third-order valence-corrected chi connectivity index (χ3v) is 3.47. The molecule has 0 unspecified atom stereocenters. The fourth-order valence-electron chi connectivity index (χ4n) is 2.27. The summed E-state index contributed by atoms with van der Waals surface area (Å²) in [6, 6.07) is 1.98. The van der Waals surface area contributed by atoms with Crippen molar-refractivity contribution < 1.29 is 33.1 Å². The molecule has 0 saturated carbocycles. The summed E-state index contributed by atoms with van der Waals surface area (Å²) in [4.78, 5) is 12.4. The summed E-state index contributed by atoms with van der Waals surface area (Å²) < 4.78 is 10.8. The minimum absolute atomic E-state index is 0. The van der Waals surface area contributed by atoms with Gasteiger partial charge in [-0.15, -0.1) is 0 Å². The molecule has 0 aliphatic rings. The first-order chi connectivity index (χ1) is 9.06. The average Bonchev–Trinajstić information content (AvgIpc) is 2.38. The van der Waals surface area contributed by atoms with Crippen LogP contribution in [0.2, 0.25) is 0 Å². The van der Waals surface area contributed by atoms with Crippen molar-refractivity contribution in [1.82, 2.24) is 0 Å². The molecule has 20 heavy (non-hydrogen) atoms. The maximum absolute atomic E-state index is 12.4. The van der Waals surface area contributed by atoms with Crippen LogP contribution in [0.25, 0.3) is 0 Å². The summed E-state index contributed by atoms with van der Waals surface area (Å²) in [5, 5.41) is 0. The van der Waals surface area contributed by atoms with Gasteiger partial charge in [-0.3, -0.25) is 4.79 Å². The van der Waals surface area contributed by atoms with E-state index in [1.807, 2.05) is 19.9 Å². The number of aryl methyl sites for hydroxylation is 2. The molecule has 106 valence electrons. The van der Waals surface area contributed by atoms with Gasteiger partial charge in [0.1, 0.15) is 17.1 Å². The van der Waals surface area contributed by atoms with Gasteiger partial charge in [0, 0.05) is 6.42 Å². The zero-order chi connectivity index (χ0) is 14.4. The number of rotatable bonds is 7. The molecule has 0 spiro atoms. The van der Waals surface area contributed by atoms with E-state index in [1.165, 1.54) is 0 Å². The molecule has 0 aliphatic carbocycles. The minimum atomic E-state index is 0. The van der Waals surface area contributed by atoms with E-state index in [0.29, 0.717) is 23.5 Å².